The highest BCUT2D eigenvalue weighted by atomic mass is 16.6. The highest BCUT2D eigenvalue weighted by Crippen LogP contribution is 2.27. The molecule has 1 N–H and O–H groups in total. The fraction of sp³-hybridized carbons (Fsp3) is 0.231. The number of nitrogens with zero attached hydrogens (tertiary/aromatic N) is 1. The van der Waals surface area contributed by atoms with Crippen LogP contribution in [0.15, 0.2) is 72.8 Å². The van der Waals surface area contributed by atoms with Crippen molar-refractivity contribution in [2.24, 2.45) is 0 Å². The van der Waals surface area contributed by atoms with E-state index in [0.29, 0.717) is 13.0 Å². The summed E-state index contributed by atoms with van der Waals surface area (Å²) in [6.45, 7) is 4.44. The van der Waals surface area contributed by atoms with E-state index in [1.54, 1.807) is 0 Å². The van der Waals surface area contributed by atoms with Gasteiger partial charge in [-0.2, -0.15) is 0 Å². The molecule has 1 heterocycles. The predicted molar refractivity (Wildman–Crippen MR) is 121 cm³/mol. The van der Waals surface area contributed by atoms with Crippen molar-refractivity contribution in [2.45, 2.75) is 39.5 Å². The number of nitrogens with one attached hydrogen (secondary N) is 1. The molecule has 158 valence electrons. The van der Waals surface area contributed by atoms with Crippen LogP contribution in [0.3, 0.4) is 0 Å². The second-order valence-corrected chi connectivity index (χ2v) is 7.91. The average Bonchev–Trinajstić information content (AvgIpc) is 2.79. The van der Waals surface area contributed by atoms with Crippen molar-refractivity contribution in [3.05, 3.63) is 101 Å². The summed E-state index contributed by atoms with van der Waals surface area (Å²) in [5, 5.41) is 3.05. The van der Waals surface area contributed by atoms with Crippen LogP contribution in [0, 0.1) is 13.8 Å². The maximum Gasteiger partial charge on any atom is 0.411 e. The molecule has 1 atom stereocenters. The molecule has 0 aliphatic carbocycles. The van der Waals surface area contributed by atoms with Crippen molar-refractivity contribution in [3.8, 4) is 0 Å². The van der Waals surface area contributed by atoms with E-state index in [9.17, 15) is 9.59 Å². The van der Waals surface area contributed by atoms with Gasteiger partial charge in [0.05, 0.1) is 6.54 Å². The normalized spacial score (nSPS) is 15.2. The molecule has 0 aromatic heterocycles. The summed E-state index contributed by atoms with van der Waals surface area (Å²) in [5.74, 6) is -0.205. The monoisotopic (exact) mass is 414 g/mol. The lowest BCUT2D eigenvalue weighted by Gasteiger charge is -2.35. The first-order chi connectivity index (χ1) is 15.0. The summed E-state index contributed by atoms with van der Waals surface area (Å²) >= 11 is 0. The number of hydrogen-bond acceptors (Lipinski definition) is 3. The van der Waals surface area contributed by atoms with E-state index in [2.05, 4.69) is 5.32 Å². The summed E-state index contributed by atoms with van der Waals surface area (Å²) in [6, 6.07) is 22.7. The molecule has 2 amide bonds. The molecule has 0 radical (unpaired) electrons. The molecule has 1 aliphatic rings. The molecule has 0 spiro atoms. The molecule has 0 bridgehead atoms. The molecule has 0 saturated carbocycles. The molecule has 5 nitrogen and oxygen atoms in total. The van der Waals surface area contributed by atoms with Crippen LogP contribution in [0.5, 0.6) is 0 Å². The van der Waals surface area contributed by atoms with E-state index in [1.165, 1.54) is 4.90 Å². The number of carbonyl (C=O) groups excluding carboxylic acids is 2. The average molecular weight is 415 g/mol. The molecular weight excluding hydrogens is 388 g/mol. The lowest BCUT2D eigenvalue weighted by atomic mass is 9.93. The number of amides is 2. The predicted octanol–water partition coefficient (Wildman–Crippen LogP) is 5.01. The Labute approximate surface area is 182 Å². The van der Waals surface area contributed by atoms with Gasteiger partial charge in [-0.3, -0.25) is 9.69 Å². The standard InChI is InChI=1S/C26H26N2O3/c1-18-9-8-10-19(2)24(18)27-25(29)23-15-21-13-6-7-14-22(21)16-28(23)26(30)31-17-20-11-4-3-5-12-20/h3-14,23H,15-17H2,1-2H3,(H,27,29)/t23-/m0/s1. The quantitative estimate of drug-likeness (QED) is 0.653. The molecule has 3 aromatic carbocycles. The van der Waals surface area contributed by atoms with Crippen molar-refractivity contribution in [1.82, 2.24) is 4.90 Å². The number of rotatable bonds is 4. The third-order valence-electron chi connectivity index (χ3n) is 5.72. The number of carbonyl (C=O) groups is 2. The Hall–Kier alpha value is -3.60. The number of benzene rings is 3. The highest BCUT2D eigenvalue weighted by Gasteiger charge is 2.35. The van der Waals surface area contributed by atoms with Crippen LogP contribution < -0.4 is 5.32 Å². The van der Waals surface area contributed by atoms with Crippen molar-refractivity contribution < 1.29 is 14.3 Å². The Balaban J connectivity index is 1.56. The van der Waals surface area contributed by atoms with Gasteiger partial charge in [0.1, 0.15) is 12.6 Å². The minimum absolute atomic E-state index is 0.170. The third-order valence-corrected chi connectivity index (χ3v) is 5.72. The second kappa shape index (κ2) is 9.04. The summed E-state index contributed by atoms with van der Waals surface area (Å²) in [4.78, 5) is 27.9. The van der Waals surface area contributed by atoms with E-state index >= 15 is 0 Å². The van der Waals surface area contributed by atoms with Gasteiger partial charge >= 0.3 is 6.09 Å². The van der Waals surface area contributed by atoms with Gasteiger partial charge < -0.3 is 10.1 Å². The van der Waals surface area contributed by atoms with Gasteiger partial charge in [0.15, 0.2) is 0 Å². The Morgan fingerprint density at radius 3 is 2.26 bits per heavy atom. The molecule has 0 unspecified atom stereocenters. The van der Waals surface area contributed by atoms with Gasteiger partial charge in [0.25, 0.3) is 0 Å². The first-order valence-electron chi connectivity index (χ1n) is 10.4. The van der Waals surface area contributed by atoms with E-state index in [4.69, 9.17) is 4.74 Å². The van der Waals surface area contributed by atoms with Crippen LogP contribution in [-0.4, -0.2) is 22.9 Å². The highest BCUT2D eigenvalue weighted by molar-refractivity contribution is 5.98. The summed E-state index contributed by atoms with van der Waals surface area (Å²) in [6.07, 6.45) is -0.0343. The molecule has 0 saturated heterocycles. The van der Waals surface area contributed by atoms with Gasteiger partial charge in [-0.1, -0.05) is 72.8 Å². The lowest BCUT2D eigenvalue weighted by molar-refractivity contribution is -0.121. The third kappa shape index (κ3) is 4.61. The van der Waals surface area contributed by atoms with Crippen LogP contribution >= 0.6 is 0 Å². The lowest BCUT2D eigenvalue weighted by Crippen LogP contribution is -2.50. The minimum atomic E-state index is -0.642. The van der Waals surface area contributed by atoms with Gasteiger partial charge in [-0.05, 0) is 41.7 Å². The van der Waals surface area contributed by atoms with Gasteiger partial charge in [0.2, 0.25) is 5.91 Å². The maximum atomic E-state index is 13.3. The topological polar surface area (TPSA) is 58.6 Å². The zero-order valence-corrected chi connectivity index (χ0v) is 17.8. The largest absolute Gasteiger partial charge is 0.445 e. The van der Waals surface area contributed by atoms with Crippen molar-refractivity contribution in [1.29, 1.82) is 0 Å². The molecule has 0 fully saturated rings. The van der Waals surface area contributed by atoms with Gasteiger partial charge in [-0.15, -0.1) is 0 Å². The number of para-hydroxylation sites is 1. The zero-order valence-electron chi connectivity index (χ0n) is 17.8. The van der Waals surface area contributed by atoms with Gasteiger partial charge in [-0.25, -0.2) is 4.79 Å². The number of anilines is 1. The molecule has 1 aliphatic heterocycles. The number of hydrogen-bond donors (Lipinski definition) is 1. The molecule has 4 rings (SSSR count). The van der Waals surface area contributed by atoms with E-state index < -0.39 is 12.1 Å². The minimum Gasteiger partial charge on any atom is -0.445 e. The Bertz CT molecular complexity index is 1070. The molecule has 3 aromatic rings. The molecular formula is C26H26N2O3. The van der Waals surface area contributed by atoms with Crippen LogP contribution in [-0.2, 0) is 29.1 Å². The molecule has 31 heavy (non-hydrogen) atoms. The van der Waals surface area contributed by atoms with Crippen LogP contribution in [0.1, 0.15) is 27.8 Å². The van der Waals surface area contributed by atoms with Gasteiger partial charge in [0, 0.05) is 12.1 Å². The smallest absolute Gasteiger partial charge is 0.411 e. The van der Waals surface area contributed by atoms with Crippen molar-refractivity contribution in [2.75, 3.05) is 5.32 Å². The fourth-order valence-corrected chi connectivity index (χ4v) is 3.97. The first-order valence-corrected chi connectivity index (χ1v) is 10.4. The van der Waals surface area contributed by atoms with Crippen LogP contribution in [0.25, 0.3) is 0 Å². The van der Waals surface area contributed by atoms with E-state index in [0.717, 1.165) is 33.5 Å². The Morgan fingerprint density at radius 1 is 0.903 bits per heavy atom. The zero-order chi connectivity index (χ0) is 21.8. The number of fused-ring (bicyclic) bond motifs is 1. The maximum absolute atomic E-state index is 13.3. The fourth-order valence-electron chi connectivity index (χ4n) is 3.97. The summed E-state index contributed by atoms with van der Waals surface area (Å²) in [7, 11) is 0. The van der Waals surface area contributed by atoms with Crippen molar-refractivity contribution >= 4 is 17.7 Å². The molecule has 5 heteroatoms. The number of ether oxygens (including phenoxy) is 1. The summed E-state index contributed by atoms with van der Waals surface area (Å²) in [5.41, 5.74) is 5.80. The van der Waals surface area contributed by atoms with Crippen molar-refractivity contribution in [3.63, 3.8) is 0 Å². The van der Waals surface area contributed by atoms with Crippen LogP contribution in [0.4, 0.5) is 10.5 Å². The van der Waals surface area contributed by atoms with E-state index in [1.807, 2.05) is 86.6 Å². The Morgan fingerprint density at radius 2 is 1.55 bits per heavy atom. The SMILES string of the molecule is Cc1cccc(C)c1NC(=O)[C@@H]1Cc2ccccc2CN1C(=O)OCc1ccccc1. The number of aryl methyl sites for hydroxylation is 2. The van der Waals surface area contributed by atoms with Crippen LogP contribution in [0.2, 0.25) is 0 Å². The first kappa shape index (κ1) is 20.7. The Kier molecular flexibility index (Phi) is 6.03. The second-order valence-electron chi connectivity index (χ2n) is 7.91. The summed E-state index contributed by atoms with van der Waals surface area (Å²) < 4.78 is 5.57. The van der Waals surface area contributed by atoms with E-state index in [-0.39, 0.29) is 12.5 Å².